The lowest BCUT2D eigenvalue weighted by atomic mass is 10.2. The maximum Gasteiger partial charge on any atom is 0.191 e. The molecule has 30 heavy (non-hydrogen) atoms. The van der Waals surface area contributed by atoms with Gasteiger partial charge >= 0.3 is 0 Å². The van der Waals surface area contributed by atoms with Crippen molar-refractivity contribution in [3.05, 3.63) is 58.3 Å². The number of aliphatic imine (C=N–C) groups is 1. The third-order valence-electron chi connectivity index (χ3n) is 4.53. The monoisotopic (exact) mass is 428 g/mol. The molecule has 0 spiro atoms. The Balaban J connectivity index is 1.65. The number of benzene rings is 1. The van der Waals surface area contributed by atoms with Gasteiger partial charge in [0.1, 0.15) is 12.2 Å². The molecule has 0 aliphatic rings. The van der Waals surface area contributed by atoms with E-state index in [1.54, 1.807) is 31.9 Å². The van der Waals surface area contributed by atoms with Gasteiger partial charge in [-0.3, -0.25) is 0 Å². The fourth-order valence-electron chi connectivity index (χ4n) is 2.94. The number of hydrogen-bond donors (Lipinski definition) is 2. The zero-order chi connectivity index (χ0) is 21.2. The van der Waals surface area contributed by atoms with Crippen LogP contribution < -0.4 is 20.1 Å². The number of thiophene rings is 1. The molecule has 0 atom stereocenters. The normalized spacial score (nSPS) is 11.4. The first kappa shape index (κ1) is 21.6. The van der Waals surface area contributed by atoms with Gasteiger partial charge in [0.25, 0.3) is 0 Å². The second-order valence-corrected chi connectivity index (χ2v) is 7.54. The summed E-state index contributed by atoms with van der Waals surface area (Å²) in [5, 5.41) is 17.0. The Kier molecular flexibility index (Phi) is 8.08. The summed E-state index contributed by atoms with van der Waals surface area (Å²) in [4.78, 5) is 6.00. The summed E-state index contributed by atoms with van der Waals surface area (Å²) in [6.45, 7) is 4.81. The molecule has 2 aromatic heterocycles. The molecular weight excluding hydrogens is 400 g/mol. The summed E-state index contributed by atoms with van der Waals surface area (Å²) in [5.74, 6) is 3.14. The number of methoxy groups -OCH3 is 2. The molecule has 0 radical (unpaired) electrons. The Hall–Kier alpha value is -3.07. The summed E-state index contributed by atoms with van der Waals surface area (Å²) in [5.41, 5.74) is 1.04. The SMILES string of the molecule is CCc1nncn1CCNC(=NCc1ccc(OC)c(OC)c1)NCc1cccs1. The van der Waals surface area contributed by atoms with Gasteiger partial charge in [0.05, 0.1) is 27.3 Å². The van der Waals surface area contributed by atoms with Crippen LogP contribution in [0.15, 0.2) is 47.0 Å². The zero-order valence-corrected chi connectivity index (χ0v) is 18.4. The topological polar surface area (TPSA) is 85.6 Å². The van der Waals surface area contributed by atoms with Crippen LogP contribution in [0.25, 0.3) is 0 Å². The first-order valence-electron chi connectivity index (χ1n) is 9.85. The van der Waals surface area contributed by atoms with Crippen molar-refractivity contribution in [1.82, 2.24) is 25.4 Å². The van der Waals surface area contributed by atoms with Crippen LogP contribution >= 0.6 is 11.3 Å². The van der Waals surface area contributed by atoms with E-state index >= 15 is 0 Å². The van der Waals surface area contributed by atoms with Crippen LogP contribution in [0.3, 0.4) is 0 Å². The number of aryl methyl sites for hydroxylation is 1. The van der Waals surface area contributed by atoms with Crippen molar-refractivity contribution < 1.29 is 9.47 Å². The van der Waals surface area contributed by atoms with Crippen molar-refractivity contribution in [3.8, 4) is 11.5 Å². The highest BCUT2D eigenvalue weighted by Crippen LogP contribution is 2.27. The van der Waals surface area contributed by atoms with Crippen LogP contribution in [0, 0.1) is 0 Å². The van der Waals surface area contributed by atoms with Gasteiger partial charge in [-0.15, -0.1) is 21.5 Å². The summed E-state index contributed by atoms with van der Waals surface area (Å²) in [7, 11) is 3.27. The predicted octanol–water partition coefficient (Wildman–Crippen LogP) is 2.85. The third-order valence-corrected chi connectivity index (χ3v) is 5.41. The molecule has 0 aliphatic heterocycles. The van der Waals surface area contributed by atoms with Crippen LogP contribution in [0.5, 0.6) is 11.5 Å². The molecule has 3 aromatic rings. The second-order valence-electron chi connectivity index (χ2n) is 6.51. The summed E-state index contributed by atoms with van der Waals surface area (Å²) < 4.78 is 12.8. The highest BCUT2D eigenvalue weighted by molar-refractivity contribution is 7.09. The van der Waals surface area contributed by atoms with Crippen molar-refractivity contribution in [2.45, 2.75) is 33.0 Å². The first-order valence-corrected chi connectivity index (χ1v) is 10.7. The largest absolute Gasteiger partial charge is 0.493 e. The fraction of sp³-hybridized carbons (Fsp3) is 0.381. The number of guanidine groups is 1. The van der Waals surface area contributed by atoms with Gasteiger partial charge in [0.2, 0.25) is 0 Å². The molecule has 2 N–H and O–H groups in total. The van der Waals surface area contributed by atoms with E-state index in [1.807, 2.05) is 24.3 Å². The Morgan fingerprint density at radius 1 is 1.17 bits per heavy atom. The summed E-state index contributed by atoms with van der Waals surface area (Å²) in [6, 6.07) is 9.99. The van der Waals surface area contributed by atoms with E-state index in [0.29, 0.717) is 24.6 Å². The predicted molar refractivity (Wildman–Crippen MR) is 119 cm³/mol. The molecule has 0 bridgehead atoms. The minimum Gasteiger partial charge on any atom is -0.493 e. The van der Waals surface area contributed by atoms with Gasteiger partial charge < -0.3 is 24.7 Å². The molecule has 0 aliphatic carbocycles. The molecule has 0 amide bonds. The zero-order valence-electron chi connectivity index (χ0n) is 17.6. The van der Waals surface area contributed by atoms with Crippen LogP contribution in [0.1, 0.15) is 23.2 Å². The van der Waals surface area contributed by atoms with Gasteiger partial charge in [-0.05, 0) is 29.1 Å². The molecule has 9 heteroatoms. The van der Waals surface area contributed by atoms with E-state index < -0.39 is 0 Å². The molecule has 2 heterocycles. The molecule has 0 saturated carbocycles. The average Bonchev–Trinajstić information content (AvgIpc) is 3.46. The van der Waals surface area contributed by atoms with Crippen LogP contribution in [-0.4, -0.2) is 41.5 Å². The number of nitrogens with one attached hydrogen (secondary N) is 2. The van der Waals surface area contributed by atoms with E-state index in [2.05, 4.69) is 43.8 Å². The van der Waals surface area contributed by atoms with Crippen molar-refractivity contribution in [2.75, 3.05) is 20.8 Å². The second kappa shape index (κ2) is 11.2. The lowest BCUT2D eigenvalue weighted by Gasteiger charge is -2.13. The molecule has 1 aromatic carbocycles. The standard InChI is InChI=1S/C21H28N6O2S/c1-4-20-26-25-15-27(20)10-9-22-21(24-14-17-6-5-11-30-17)23-13-16-7-8-18(28-2)19(12-16)29-3/h5-8,11-12,15H,4,9-10,13-14H2,1-3H3,(H2,22,23,24). The van der Waals surface area contributed by atoms with E-state index in [-0.39, 0.29) is 0 Å². The molecule has 0 fully saturated rings. The maximum atomic E-state index is 5.39. The maximum absolute atomic E-state index is 5.39. The fourth-order valence-corrected chi connectivity index (χ4v) is 3.59. The van der Waals surface area contributed by atoms with Gasteiger partial charge in [-0.25, -0.2) is 4.99 Å². The van der Waals surface area contributed by atoms with Crippen LogP contribution in [0.2, 0.25) is 0 Å². The number of nitrogens with zero attached hydrogens (tertiary/aromatic N) is 4. The smallest absolute Gasteiger partial charge is 0.191 e. The first-order chi connectivity index (χ1) is 14.7. The molecule has 160 valence electrons. The Morgan fingerprint density at radius 2 is 2.03 bits per heavy atom. The molecule has 0 saturated heterocycles. The number of hydrogen-bond acceptors (Lipinski definition) is 6. The Labute approximate surface area is 181 Å². The molecule has 0 unspecified atom stereocenters. The third kappa shape index (κ3) is 5.96. The highest BCUT2D eigenvalue weighted by Gasteiger charge is 2.06. The van der Waals surface area contributed by atoms with Crippen molar-refractivity contribution in [1.29, 1.82) is 0 Å². The lowest BCUT2D eigenvalue weighted by Crippen LogP contribution is -2.38. The van der Waals surface area contributed by atoms with E-state index in [1.165, 1.54) is 4.88 Å². The van der Waals surface area contributed by atoms with Crippen molar-refractivity contribution >= 4 is 17.3 Å². The minimum atomic E-state index is 0.521. The molecule has 8 nitrogen and oxygen atoms in total. The Morgan fingerprint density at radius 3 is 2.77 bits per heavy atom. The van der Waals surface area contributed by atoms with E-state index in [9.17, 15) is 0 Å². The number of ether oxygens (including phenoxy) is 2. The van der Waals surface area contributed by atoms with Crippen molar-refractivity contribution in [2.24, 2.45) is 4.99 Å². The number of rotatable bonds is 10. The van der Waals surface area contributed by atoms with Gasteiger partial charge in [0, 0.05) is 24.4 Å². The molecular formula is C21H28N6O2S. The summed E-state index contributed by atoms with van der Waals surface area (Å²) >= 11 is 1.72. The lowest BCUT2D eigenvalue weighted by molar-refractivity contribution is 0.354. The highest BCUT2D eigenvalue weighted by atomic mass is 32.1. The Bertz CT molecular complexity index is 939. The van der Waals surface area contributed by atoms with Gasteiger partial charge in [0.15, 0.2) is 17.5 Å². The minimum absolute atomic E-state index is 0.521. The van der Waals surface area contributed by atoms with E-state index in [0.717, 1.165) is 36.9 Å². The van der Waals surface area contributed by atoms with Gasteiger partial charge in [-0.1, -0.05) is 19.1 Å². The summed E-state index contributed by atoms with van der Waals surface area (Å²) in [6.07, 6.45) is 2.62. The quantitative estimate of drug-likeness (QED) is 0.382. The van der Waals surface area contributed by atoms with E-state index in [4.69, 9.17) is 14.5 Å². The van der Waals surface area contributed by atoms with Crippen LogP contribution in [-0.2, 0) is 26.1 Å². The van der Waals surface area contributed by atoms with Gasteiger partial charge in [-0.2, -0.15) is 0 Å². The average molecular weight is 429 g/mol. The van der Waals surface area contributed by atoms with Crippen LogP contribution in [0.4, 0.5) is 0 Å². The molecule has 3 rings (SSSR count). The van der Waals surface area contributed by atoms with Crippen molar-refractivity contribution in [3.63, 3.8) is 0 Å². The number of aromatic nitrogens is 3.